The van der Waals surface area contributed by atoms with Gasteiger partial charge in [0.25, 0.3) is 0 Å². The molecule has 1 aromatic rings. The van der Waals surface area contributed by atoms with Crippen molar-refractivity contribution in [3.63, 3.8) is 0 Å². The first-order chi connectivity index (χ1) is 8.33. The third-order valence-corrected chi connectivity index (χ3v) is 4.48. The van der Waals surface area contributed by atoms with Crippen LogP contribution in [0.25, 0.3) is 0 Å². The van der Waals surface area contributed by atoms with Gasteiger partial charge in [0.15, 0.2) is 11.9 Å². The van der Waals surface area contributed by atoms with Crippen molar-refractivity contribution in [1.29, 1.82) is 0 Å². The molecule has 1 aliphatic heterocycles. The lowest BCUT2D eigenvalue weighted by Crippen LogP contribution is -2.32. The molecule has 0 saturated heterocycles. The Morgan fingerprint density at radius 1 is 1.35 bits per heavy atom. The van der Waals surface area contributed by atoms with Crippen LogP contribution in [0, 0.1) is 5.92 Å². The van der Waals surface area contributed by atoms with E-state index >= 15 is 0 Å². The zero-order valence-electron chi connectivity index (χ0n) is 9.72. The second-order valence-corrected chi connectivity index (χ2v) is 5.87. The van der Waals surface area contributed by atoms with E-state index in [1.165, 1.54) is 12.8 Å². The highest BCUT2D eigenvalue weighted by Gasteiger charge is 2.28. The third kappa shape index (κ3) is 2.65. The van der Waals surface area contributed by atoms with Crippen LogP contribution in [-0.2, 0) is 4.79 Å². The van der Waals surface area contributed by atoms with Gasteiger partial charge in [-0.2, -0.15) is 0 Å². The van der Waals surface area contributed by atoms with Gasteiger partial charge in [0, 0.05) is 17.1 Å². The highest BCUT2D eigenvalue weighted by molar-refractivity contribution is 7.99. The lowest BCUT2D eigenvalue weighted by Gasteiger charge is -2.24. The maximum atomic E-state index is 12.0. The van der Waals surface area contributed by atoms with Gasteiger partial charge in [0.2, 0.25) is 0 Å². The van der Waals surface area contributed by atoms with Crippen molar-refractivity contribution < 1.29 is 9.53 Å². The van der Waals surface area contributed by atoms with Crippen molar-refractivity contribution in [2.24, 2.45) is 5.92 Å². The summed E-state index contributed by atoms with van der Waals surface area (Å²) in [6, 6.07) is 7.95. The highest BCUT2D eigenvalue weighted by atomic mass is 32.2. The Morgan fingerprint density at radius 2 is 2.18 bits per heavy atom. The molecule has 1 aliphatic carbocycles. The summed E-state index contributed by atoms with van der Waals surface area (Å²) >= 11 is 1.73. The largest absolute Gasteiger partial charge is 0.481 e. The van der Waals surface area contributed by atoms with Gasteiger partial charge < -0.3 is 4.74 Å². The molecular weight excluding hydrogens is 232 g/mol. The number of hydrogen-bond acceptors (Lipinski definition) is 3. The number of para-hydroxylation sites is 1. The minimum atomic E-state index is -0.228. The van der Waals surface area contributed by atoms with Gasteiger partial charge in [0.1, 0.15) is 5.75 Å². The van der Waals surface area contributed by atoms with Crippen molar-refractivity contribution in [1.82, 2.24) is 0 Å². The molecule has 0 bridgehead atoms. The van der Waals surface area contributed by atoms with Crippen LogP contribution < -0.4 is 4.74 Å². The highest BCUT2D eigenvalue weighted by Crippen LogP contribution is 2.37. The molecule has 3 heteroatoms. The molecule has 0 spiro atoms. The zero-order chi connectivity index (χ0) is 11.7. The Labute approximate surface area is 106 Å². The van der Waals surface area contributed by atoms with Crippen LogP contribution in [0.1, 0.15) is 25.7 Å². The SMILES string of the molecule is O=C(CCC1CC1)C1CSc2ccccc2O1. The molecule has 2 nitrogen and oxygen atoms in total. The summed E-state index contributed by atoms with van der Waals surface area (Å²) < 4.78 is 5.78. The molecule has 3 rings (SSSR count). The maximum absolute atomic E-state index is 12.0. The van der Waals surface area contributed by atoms with Crippen LogP contribution >= 0.6 is 11.8 Å². The fourth-order valence-electron chi connectivity index (χ4n) is 2.09. The standard InChI is InChI=1S/C14H16O2S/c15-11(8-7-10-5-6-10)13-9-17-14-4-2-1-3-12(14)16-13/h1-4,10,13H,5-9H2. The lowest BCUT2D eigenvalue weighted by atomic mass is 10.1. The maximum Gasteiger partial charge on any atom is 0.174 e. The first-order valence-electron chi connectivity index (χ1n) is 6.24. The molecular formula is C14H16O2S. The summed E-state index contributed by atoms with van der Waals surface area (Å²) in [6.45, 7) is 0. The van der Waals surface area contributed by atoms with E-state index in [1.54, 1.807) is 11.8 Å². The number of ether oxygens (including phenoxy) is 1. The molecule has 0 radical (unpaired) electrons. The predicted molar refractivity (Wildman–Crippen MR) is 68.5 cm³/mol. The molecule has 1 atom stereocenters. The molecule has 17 heavy (non-hydrogen) atoms. The molecule has 1 saturated carbocycles. The van der Waals surface area contributed by atoms with Gasteiger partial charge in [0.05, 0.1) is 0 Å². The van der Waals surface area contributed by atoms with E-state index in [0.717, 1.165) is 28.7 Å². The Hall–Kier alpha value is -0.960. The van der Waals surface area contributed by atoms with Crippen molar-refractivity contribution in [3.05, 3.63) is 24.3 Å². The van der Waals surface area contributed by atoms with Crippen LogP contribution in [0.3, 0.4) is 0 Å². The Balaban J connectivity index is 1.60. The molecule has 90 valence electrons. The number of Topliss-reactive ketones (excluding diaryl/α,β-unsaturated/α-hetero) is 1. The third-order valence-electron chi connectivity index (χ3n) is 3.36. The number of thioether (sulfide) groups is 1. The van der Waals surface area contributed by atoms with E-state index < -0.39 is 0 Å². The fourth-order valence-corrected chi connectivity index (χ4v) is 3.11. The van der Waals surface area contributed by atoms with Gasteiger partial charge in [-0.25, -0.2) is 0 Å². The van der Waals surface area contributed by atoms with Gasteiger partial charge in [-0.3, -0.25) is 4.79 Å². The molecule has 1 heterocycles. The first-order valence-corrected chi connectivity index (χ1v) is 7.22. The average Bonchev–Trinajstić information content (AvgIpc) is 3.19. The number of benzene rings is 1. The number of rotatable bonds is 4. The number of carbonyl (C=O) groups is 1. The molecule has 1 fully saturated rings. The van der Waals surface area contributed by atoms with Crippen LogP contribution in [-0.4, -0.2) is 17.6 Å². The van der Waals surface area contributed by atoms with Crippen molar-refractivity contribution >= 4 is 17.5 Å². The number of carbonyl (C=O) groups excluding carboxylic acids is 1. The van der Waals surface area contributed by atoms with E-state index in [9.17, 15) is 4.79 Å². The molecule has 0 amide bonds. The van der Waals surface area contributed by atoms with E-state index in [2.05, 4.69) is 0 Å². The van der Waals surface area contributed by atoms with Crippen LogP contribution in [0.2, 0.25) is 0 Å². The summed E-state index contributed by atoms with van der Waals surface area (Å²) in [6.07, 6.45) is 4.16. The number of hydrogen-bond donors (Lipinski definition) is 0. The quantitative estimate of drug-likeness (QED) is 0.817. The first kappa shape index (κ1) is 11.1. The van der Waals surface area contributed by atoms with Gasteiger partial charge in [-0.05, 0) is 24.5 Å². The normalized spacial score (nSPS) is 22.7. The molecule has 1 unspecified atom stereocenters. The predicted octanol–water partition coefficient (Wildman–Crippen LogP) is 3.30. The van der Waals surface area contributed by atoms with Crippen LogP contribution in [0.4, 0.5) is 0 Å². The average molecular weight is 248 g/mol. The Kier molecular flexibility index (Phi) is 3.10. The topological polar surface area (TPSA) is 26.3 Å². The van der Waals surface area contributed by atoms with Crippen molar-refractivity contribution in [2.75, 3.05) is 5.75 Å². The van der Waals surface area contributed by atoms with Crippen LogP contribution in [0.15, 0.2) is 29.2 Å². The van der Waals surface area contributed by atoms with Crippen LogP contribution in [0.5, 0.6) is 5.75 Å². The van der Waals surface area contributed by atoms with E-state index in [-0.39, 0.29) is 11.9 Å². The van der Waals surface area contributed by atoms with Gasteiger partial charge in [-0.1, -0.05) is 25.0 Å². The lowest BCUT2D eigenvalue weighted by molar-refractivity contribution is -0.125. The molecule has 0 aromatic heterocycles. The summed E-state index contributed by atoms with van der Waals surface area (Å²) in [5.41, 5.74) is 0. The minimum Gasteiger partial charge on any atom is -0.481 e. The number of fused-ring (bicyclic) bond motifs is 1. The summed E-state index contributed by atoms with van der Waals surface area (Å²) in [7, 11) is 0. The molecule has 2 aliphatic rings. The second-order valence-electron chi connectivity index (χ2n) is 4.81. The monoisotopic (exact) mass is 248 g/mol. The van der Waals surface area contributed by atoms with E-state index in [4.69, 9.17) is 4.74 Å². The van der Waals surface area contributed by atoms with Gasteiger partial charge >= 0.3 is 0 Å². The van der Waals surface area contributed by atoms with Crippen molar-refractivity contribution in [2.45, 2.75) is 36.7 Å². The Bertz CT molecular complexity index is 426. The Morgan fingerprint density at radius 3 is 3.00 bits per heavy atom. The molecule has 0 N–H and O–H groups in total. The summed E-state index contributed by atoms with van der Waals surface area (Å²) in [5.74, 6) is 2.73. The fraction of sp³-hybridized carbons (Fsp3) is 0.500. The smallest absolute Gasteiger partial charge is 0.174 e. The second kappa shape index (κ2) is 4.73. The van der Waals surface area contributed by atoms with Crippen molar-refractivity contribution in [3.8, 4) is 5.75 Å². The van der Waals surface area contributed by atoms with E-state index in [0.29, 0.717) is 6.42 Å². The summed E-state index contributed by atoms with van der Waals surface area (Å²) in [4.78, 5) is 13.2. The number of ketones is 1. The minimum absolute atomic E-state index is 0.228. The molecule has 1 aromatic carbocycles. The zero-order valence-corrected chi connectivity index (χ0v) is 10.5. The van der Waals surface area contributed by atoms with E-state index in [1.807, 2.05) is 24.3 Å². The van der Waals surface area contributed by atoms with Gasteiger partial charge in [-0.15, -0.1) is 11.8 Å². The summed E-state index contributed by atoms with van der Waals surface area (Å²) in [5, 5.41) is 0.